The molecule has 1 aliphatic carbocycles. The highest BCUT2D eigenvalue weighted by Gasteiger charge is 2.18. The van der Waals surface area contributed by atoms with E-state index in [0.29, 0.717) is 11.7 Å². The fourth-order valence-electron chi connectivity index (χ4n) is 3.25. The average Bonchev–Trinajstić information content (AvgIpc) is 3.10. The standard InChI is InChI=1S/C21H29N3O2/c1-21(2,3)16-9-11-18(12-10-16)26-15-24-14-13-19(23-24)20(25)22-17-7-5-4-6-8-17/h9-14,17H,4-8,15H2,1-3H3,(H,22,25). The minimum atomic E-state index is -0.0924. The lowest BCUT2D eigenvalue weighted by molar-refractivity contribution is 0.0920. The molecule has 5 nitrogen and oxygen atoms in total. The van der Waals surface area contributed by atoms with E-state index in [2.05, 4.69) is 43.3 Å². The van der Waals surface area contributed by atoms with Gasteiger partial charge in [0.05, 0.1) is 0 Å². The third kappa shape index (κ3) is 4.87. The summed E-state index contributed by atoms with van der Waals surface area (Å²) in [6.07, 6.45) is 7.58. The van der Waals surface area contributed by atoms with Crippen LogP contribution in [0, 0.1) is 0 Å². The third-order valence-corrected chi connectivity index (χ3v) is 4.90. The quantitative estimate of drug-likeness (QED) is 0.871. The highest BCUT2D eigenvalue weighted by molar-refractivity contribution is 5.92. The highest BCUT2D eigenvalue weighted by Crippen LogP contribution is 2.24. The molecule has 1 heterocycles. The average molecular weight is 355 g/mol. The van der Waals surface area contributed by atoms with Crippen LogP contribution in [0.5, 0.6) is 5.75 Å². The van der Waals surface area contributed by atoms with E-state index < -0.39 is 0 Å². The normalized spacial score (nSPS) is 15.7. The second kappa shape index (κ2) is 7.94. The van der Waals surface area contributed by atoms with Crippen molar-refractivity contribution in [3.63, 3.8) is 0 Å². The van der Waals surface area contributed by atoms with Crippen LogP contribution in [-0.2, 0) is 12.1 Å². The van der Waals surface area contributed by atoms with Crippen molar-refractivity contribution in [2.24, 2.45) is 0 Å². The second-order valence-corrected chi connectivity index (χ2v) is 8.10. The molecule has 0 saturated heterocycles. The van der Waals surface area contributed by atoms with E-state index in [1.165, 1.54) is 24.8 Å². The van der Waals surface area contributed by atoms with E-state index in [1.54, 1.807) is 16.9 Å². The maximum Gasteiger partial charge on any atom is 0.271 e. The molecule has 140 valence electrons. The van der Waals surface area contributed by atoms with Gasteiger partial charge in [-0.05, 0) is 42.0 Å². The van der Waals surface area contributed by atoms with Gasteiger partial charge in [-0.2, -0.15) is 5.10 Å². The smallest absolute Gasteiger partial charge is 0.271 e. The number of nitrogens with one attached hydrogen (secondary N) is 1. The fourth-order valence-corrected chi connectivity index (χ4v) is 3.25. The zero-order valence-electron chi connectivity index (χ0n) is 16.0. The Balaban J connectivity index is 1.52. The molecular formula is C21H29N3O2. The molecule has 0 spiro atoms. The van der Waals surface area contributed by atoms with Crippen molar-refractivity contribution in [1.29, 1.82) is 0 Å². The van der Waals surface area contributed by atoms with Crippen molar-refractivity contribution in [2.75, 3.05) is 0 Å². The molecule has 0 radical (unpaired) electrons. The van der Waals surface area contributed by atoms with E-state index >= 15 is 0 Å². The molecule has 0 bridgehead atoms. The summed E-state index contributed by atoms with van der Waals surface area (Å²) in [4.78, 5) is 12.3. The fraction of sp³-hybridized carbons (Fsp3) is 0.524. The minimum absolute atomic E-state index is 0.0924. The predicted molar refractivity (Wildman–Crippen MR) is 102 cm³/mol. The largest absolute Gasteiger partial charge is 0.471 e. The maximum absolute atomic E-state index is 12.3. The Morgan fingerprint density at radius 3 is 2.50 bits per heavy atom. The van der Waals surface area contributed by atoms with Gasteiger partial charge in [0.2, 0.25) is 0 Å². The van der Waals surface area contributed by atoms with Crippen LogP contribution in [0.15, 0.2) is 36.5 Å². The zero-order valence-corrected chi connectivity index (χ0v) is 16.0. The lowest BCUT2D eigenvalue weighted by Crippen LogP contribution is -2.36. The monoisotopic (exact) mass is 355 g/mol. The van der Waals surface area contributed by atoms with Crippen LogP contribution in [0.25, 0.3) is 0 Å². The zero-order chi connectivity index (χ0) is 18.6. The first-order valence-corrected chi connectivity index (χ1v) is 9.49. The molecular weight excluding hydrogens is 326 g/mol. The summed E-state index contributed by atoms with van der Waals surface area (Å²) < 4.78 is 7.42. The van der Waals surface area contributed by atoms with E-state index in [4.69, 9.17) is 4.74 Å². The summed E-state index contributed by atoms with van der Waals surface area (Å²) >= 11 is 0. The number of ether oxygens (including phenoxy) is 1. The van der Waals surface area contributed by atoms with E-state index in [9.17, 15) is 4.79 Å². The van der Waals surface area contributed by atoms with Gasteiger partial charge in [-0.1, -0.05) is 52.2 Å². The van der Waals surface area contributed by atoms with Gasteiger partial charge in [-0.3, -0.25) is 4.79 Å². The molecule has 5 heteroatoms. The van der Waals surface area contributed by atoms with Gasteiger partial charge < -0.3 is 10.1 Å². The van der Waals surface area contributed by atoms with Gasteiger partial charge in [0.15, 0.2) is 6.73 Å². The number of hydrogen-bond acceptors (Lipinski definition) is 3. The van der Waals surface area contributed by atoms with E-state index in [-0.39, 0.29) is 18.1 Å². The summed E-state index contributed by atoms with van der Waals surface area (Å²) in [5.74, 6) is 0.701. The van der Waals surface area contributed by atoms with Gasteiger partial charge in [-0.15, -0.1) is 0 Å². The predicted octanol–water partition coefficient (Wildman–Crippen LogP) is 4.28. The maximum atomic E-state index is 12.3. The highest BCUT2D eigenvalue weighted by atomic mass is 16.5. The number of rotatable bonds is 5. The Kier molecular flexibility index (Phi) is 5.64. The minimum Gasteiger partial charge on any atom is -0.471 e. The number of hydrogen-bond donors (Lipinski definition) is 1. The van der Waals surface area contributed by atoms with Crippen LogP contribution in [0.3, 0.4) is 0 Å². The van der Waals surface area contributed by atoms with Crippen molar-refractivity contribution in [1.82, 2.24) is 15.1 Å². The Morgan fingerprint density at radius 2 is 1.85 bits per heavy atom. The Labute approximate surface area is 155 Å². The lowest BCUT2D eigenvalue weighted by Gasteiger charge is -2.22. The van der Waals surface area contributed by atoms with E-state index in [1.807, 2.05) is 12.1 Å². The topological polar surface area (TPSA) is 56.1 Å². The molecule has 1 N–H and O–H groups in total. The molecule has 1 aliphatic rings. The van der Waals surface area contributed by atoms with Crippen LogP contribution in [0.1, 0.15) is 68.9 Å². The number of amides is 1. The molecule has 1 saturated carbocycles. The first kappa shape index (κ1) is 18.5. The van der Waals surface area contributed by atoms with Crippen molar-refractivity contribution in [3.8, 4) is 5.75 Å². The van der Waals surface area contributed by atoms with Gasteiger partial charge in [0.25, 0.3) is 5.91 Å². The Hall–Kier alpha value is -2.30. The summed E-state index contributed by atoms with van der Waals surface area (Å²) in [5.41, 5.74) is 1.84. The SMILES string of the molecule is CC(C)(C)c1ccc(OCn2ccc(C(=O)NC3CCCCC3)n2)cc1. The van der Waals surface area contributed by atoms with Gasteiger partial charge in [0, 0.05) is 12.2 Å². The van der Waals surface area contributed by atoms with Crippen LogP contribution >= 0.6 is 0 Å². The molecule has 1 aromatic carbocycles. The Bertz CT molecular complexity index is 722. The van der Waals surface area contributed by atoms with Crippen molar-refractivity contribution < 1.29 is 9.53 Å². The van der Waals surface area contributed by atoms with Crippen molar-refractivity contribution in [3.05, 3.63) is 47.8 Å². The van der Waals surface area contributed by atoms with E-state index in [0.717, 1.165) is 18.6 Å². The number of nitrogens with zero attached hydrogens (tertiary/aromatic N) is 2. The lowest BCUT2D eigenvalue weighted by atomic mass is 9.87. The van der Waals surface area contributed by atoms with Crippen molar-refractivity contribution >= 4 is 5.91 Å². The van der Waals surface area contributed by atoms with Crippen LogP contribution < -0.4 is 10.1 Å². The second-order valence-electron chi connectivity index (χ2n) is 8.10. The van der Waals surface area contributed by atoms with Crippen LogP contribution in [-0.4, -0.2) is 21.7 Å². The van der Waals surface area contributed by atoms with Gasteiger partial charge in [-0.25, -0.2) is 4.68 Å². The first-order chi connectivity index (χ1) is 12.4. The molecule has 1 amide bonds. The molecule has 2 aromatic rings. The molecule has 26 heavy (non-hydrogen) atoms. The van der Waals surface area contributed by atoms with Crippen LogP contribution in [0.2, 0.25) is 0 Å². The summed E-state index contributed by atoms with van der Waals surface area (Å²) in [6.45, 7) is 6.84. The van der Waals surface area contributed by atoms with Gasteiger partial charge >= 0.3 is 0 Å². The third-order valence-electron chi connectivity index (χ3n) is 4.90. The molecule has 0 aliphatic heterocycles. The number of carbonyl (C=O) groups excluding carboxylic acids is 1. The molecule has 3 rings (SSSR count). The Morgan fingerprint density at radius 1 is 1.15 bits per heavy atom. The summed E-state index contributed by atoms with van der Waals surface area (Å²) in [7, 11) is 0. The summed E-state index contributed by atoms with van der Waals surface area (Å²) in [5, 5.41) is 7.41. The molecule has 0 atom stereocenters. The number of carbonyl (C=O) groups is 1. The first-order valence-electron chi connectivity index (χ1n) is 9.49. The molecule has 1 aromatic heterocycles. The molecule has 0 unspecified atom stereocenters. The van der Waals surface area contributed by atoms with Crippen molar-refractivity contribution in [2.45, 2.75) is 71.1 Å². The number of aromatic nitrogens is 2. The van der Waals surface area contributed by atoms with Gasteiger partial charge in [0.1, 0.15) is 11.4 Å². The molecule has 1 fully saturated rings. The number of benzene rings is 1. The van der Waals surface area contributed by atoms with Crippen LogP contribution in [0.4, 0.5) is 0 Å². The summed E-state index contributed by atoms with van der Waals surface area (Å²) in [6, 6.07) is 10.1.